The van der Waals surface area contributed by atoms with Gasteiger partial charge in [0.15, 0.2) is 0 Å². The van der Waals surface area contributed by atoms with Crippen molar-refractivity contribution in [2.24, 2.45) is 0 Å². The third kappa shape index (κ3) is 6.54. The molecule has 18 heavy (non-hydrogen) atoms. The second-order valence-electron chi connectivity index (χ2n) is 3.46. The van der Waals surface area contributed by atoms with Gasteiger partial charge in [0.25, 0.3) is 0 Å². The van der Waals surface area contributed by atoms with Gasteiger partial charge in [-0.05, 0) is 12.1 Å². The number of amides is 2. The molecule has 0 aromatic carbocycles. The highest BCUT2D eigenvalue weighted by atomic mass is 16.5. The number of carbonyl (C=O) groups excluding carboxylic acids is 1. The third-order valence-corrected chi connectivity index (χ3v) is 1.99. The number of urea groups is 1. The molecule has 1 aromatic heterocycles. The van der Waals surface area contributed by atoms with Crippen molar-refractivity contribution in [2.45, 2.75) is 6.42 Å². The summed E-state index contributed by atoms with van der Waals surface area (Å²) in [6, 6.07) is 3.30. The predicted octanol–water partition coefficient (Wildman–Crippen LogP) is 0.223. The smallest absolute Gasteiger partial charge is 0.329 e. The van der Waals surface area contributed by atoms with Crippen LogP contribution in [-0.4, -0.2) is 43.4 Å². The first-order valence-corrected chi connectivity index (χ1v) is 5.52. The highest BCUT2D eigenvalue weighted by Crippen LogP contribution is 1.99. The minimum atomic E-state index is -1.03. The number of carbonyl (C=O) groups is 2. The zero-order chi connectivity index (χ0) is 13.2. The summed E-state index contributed by atoms with van der Waals surface area (Å²) in [6.07, 6.45) is 2.20. The fourth-order valence-corrected chi connectivity index (χ4v) is 1.21. The van der Waals surface area contributed by atoms with E-state index in [2.05, 4.69) is 10.6 Å². The van der Waals surface area contributed by atoms with Crippen LogP contribution < -0.4 is 10.6 Å². The van der Waals surface area contributed by atoms with Gasteiger partial charge in [0.1, 0.15) is 12.4 Å². The molecule has 100 valence electrons. The van der Waals surface area contributed by atoms with E-state index in [1.165, 1.54) is 0 Å². The summed E-state index contributed by atoms with van der Waals surface area (Å²) in [6.45, 7) is 0.537. The quantitative estimate of drug-likeness (QED) is 0.578. The van der Waals surface area contributed by atoms with Crippen LogP contribution in [0.25, 0.3) is 0 Å². The molecule has 0 saturated heterocycles. The third-order valence-electron chi connectivity index (χ3n) is 1.99. The molecule has 3 N–H and O–H groups in total. The van der Waals surface area contributed by atoms with Gasteiger partial charge in [0.2, 0.25) is 0 Å². The predicted molar refractivity (Wildman–Crippen MR) is 62.3 cm³/mol. The number of furan rings is 1. The zero-order valence-electron chi connectivity index (χ0n) is 9.85. The topological polar surface area (TPSA) is 101 Å². The van der Waals surface area contributed by atoms with Crippen LogP contribution in [0.4, 0.5) is 4.79 Å². The lowest BCUT2D eigenvalue weighted by molar-refractivity contribution is -0.142. The second-order valence-corrected chi connectivity index (χ2v) is 3.46. The largest absolute Gasteiger partial charge is 0.480 e. The van der Waals surface area contributed by atoms with Gasteiger partial charge in [-0.15, -0.1) is 0 Å². The van der Waals surface area contributed by atoms with Crippen molar-refractivity contribution >= 4 is 12.0 Å². The molecule has 0 spiro atoms. The number of nitrogens with one attached hydrogen (secondary N) is 2. The minimum absolute atomic E-state index is 0.165. The van der Waals surface area contributed by atoms with Crippen molar-refractivity contribution in [2.75, 3.05) is 26.3 Å². The number of carboxylic acids is 1. The van der Waals surface area contributed by atoms with E-state index in [1.807, 2.05) is 6.07 Å². The molecular weight excluding hydrogens is 240 g/mol. The first-order valence-electron chi connectivity index (χ1n) is 5.52. The molecule has 0 radical (unpaired) electrons. The van der Waals surface area contributed by atoms with Crippen LogP contribution in [0.2, 0.25) is 0 Å². The first-order chi connectivity index (χ1) is 8.68. The fourth-order valence-electron chi connectivity index (χ4n) is 1.21. The van der Waals surface area contributed by atoms with Crippen LogP contribution in [-0.2, 0) is 16.0 Å². The van der Waals surface area contributed by atoms with Crippen molar-refractivity contribution in [3.8, 4) is 0 Å². The van der Waals surface area contributed by atoms with Crippen molar-refractivity contribution in [1.82, 2.24) is 10.6 Å². The van der Waals surface area contributed by atoms with Crippen LogP contribution in [0.15, 0.2) is 22.8 Å². The number of hydrogen-bond donors (Lipinski definition) is 3. The van der Waals surface area contributed by atoms with E-state index in [1.54, 1.807) is 12.3 Å². The Labute approximate surface area is 104 Å². The number of aliphatic carboxylic acids is 1. The molecule has 0 fully saturated rings. The standard InChI is InChI=1S/C11H16N2O5/c14-10(15)8-17-7-5-13-11(16)12-4-3-9-2-1-6-18-9/h1-2,6H,3-5,7-8H2,(H,14,15)(H2,12,13,16). The van der Waals surface area contributed by atoms with Gasteiger partial charge in [-0.3, -0.25) is 0 Å². The van der Waals surface area contributed by atoms with E-state index in [0.717, 1.165) is 5.76 Å². The second kappa shape index (κ2) is 8.13. The maximum absolute atomic E-state index is 11.2. The summed E-state index contributed by atoms with van der Waals surface area (Å²) >= 11 is 0. The van der Waals surface area contributed by atoms with E-state index < -0.39 is 5.97 Å². The Balaban J connectivity index is 1.95. The average molecular weight is 256 g/mol. The molecule has 7 nitrogen and oxygen atoms in total. The molecule has 0 aliphatic carbocycles. The van der Waals surface area contributed by atoms with E-state index in [0.29, 0.717) is 13.0 Å². The lowest BCUT2D eigenvalue weighted by Gasteiger charge is -2.06. The number of rotatable bonds is 8. The van der Waals surface area contributed by atoms with Crippen LogP contribution in [0.3, 0.4) is 0 Å². The van der Waals surface area contributed by atoms with Gasteiger partial charge in [0.05, 0.1) is 12.9 Å². The maximum Gasteiger partial charge on any atom is 0.329 e. The summed E-state index contributed by atoms with van der Waals surface area (Å²) in [5, 5.41) is 13.5. The Morgan fingerprint density at radius 2 is 2.11 bits per heavy atom. The first kappa shape index (κ1) is 14.0. The molecule has 0 aliphatic rings. The summed E-state index contributed by atoms with van der Waals surface area (Å²) in [7, 11) is 0. The summed E-state index contributed by atoms with van der Waals surface area (Å²) < 4.78 is 9.86. The van der Waals surface area contributed by atoms with Crippen molar-refractivity contribution < 1.29 is 23.8 Å². The summed E-state index contributed by atoms with van der Waals surface area (Å²) in [5.41, 5.74) is 0. The Hall–Kier alpha value is -2.02. The minimum Gasteiger partial charge on any atom is -0.480 e. The lowest BCUT2D eigenvalue weighted by Crippen LogP contribution is -2.38. The van der Waals surface area contributed by atoms with Crippen LogP contribution >= 0.6 is 0 Å². The van der Waals surface area contributed by atoms with Gasteiger partial charge in [0, 0.05) is 19.5 Å². The molecule has 0 aliphatic heterocycles. The Bertz CT molecular complexity index is 364. The van der Waals surface area contributed by atoms with Gasteiger partial charge >= 0.3 is 12.0 Å². The molecule has 1 aromatic rings. The molecular formula is C11H16N2O5. The average Bonchev–Trinajstić information content (AvgIpc) is 2.81. The molecule has 0 unspecified atom stereocenters. The van der Waals surface area contributed by atoms with Gasteiger partial charge in [-0.25, -0.2) is 9.59 Å². The van der Waals surface area contributed by atoms with Crippen LogP contribution in [0.1, 0.15) is 5.76 Å². The van der Waals surface area contributed by atoms with Crippen molar-refractivity contribution in [3.05, 3.63) is 24.2 Å². The lowest BCUT2D eigenvalue weighted by atomic mass is 10.3. The summed E-state index contributed by atoms with van der Waals surface area (Å²) in [4.78, 5) is 21.4. The van der Waals surface area contributed by atoms with E-state index >= 15 is 0 Å². The monoisotopic (exact) mass is 256 g/mol. The SMILES string of the molecule is O=C(O)COCCNC(=O)NCCc1ccco1. The molecule has 0 atom stereocenters. The number of ether oxygens (including phenoxy) is 1. The van der Waals surface area contributed by atoms with Gasteiger partial charge < -0.3 is 24.9 Å². The highest BCUT2D eigenvalue weighted by molar-refractivity contribution is 5.73. The molecule has 7 heteroatoms. The molecule has 0 saturated carbocycles. The normalized spacial score (nSPS) is 10.0. The fraction of sp³-hybridized carbons (Fsp3) is 0.455. The van der Waals surface area contributed by atoms with Crippen molar-refractivity contribution in [1.29, 1.82) is 0 Å². The Morgan fingerprint density at radius 1 is 1.33 bits per heavy atom. The Kier molecular flexibility index (Phi) is 6.34. The highest BCUT2D eigenvalue weighted by Gasteiger charge is 2.01. The van der Waals surface area contributed by atoms with E-state index in [9.17, 15) is 9.59 Å². The molecule has 1 heterocycles. The molecule has 2 amide bonds. The zero-order valence-corrected chi connectivity index (χ0v) is 9.85. The summed E-state index contributed by atoms with van der Waals surface area (Å²) in [5.74, 6) is -0.224. The van der Waals surface area contributed by atoms with Crippen LogP contribution in [0.5, 0.6) is 0 Å². The van der Waals surface area contributed by atoms with Crippen LogP contribution in [0, 0.1) is 0 Å². The van der Waals surface area contributed by atoms with Gasteiger partial charge in [-0.2, -0.15) is 0 Å². The molecule has 1 rings (SSSR count). The number of carboxylic acid groups (broad SMARTS) is 1. The maximum atomic E-state index is 11.2. The van der Waals surface area contributed by atoms with E-state index in [-0.39, 0.29) is 25.8 Å². The Morgan fingerprint density at radius 3 is 2.78 bits per heavy atom. The number of hydrogen-bond acceptors (Lipinski definition) is 4. The van der Waals surface area contributed by atoms with Gasteiger partial charge in [-0.1, -0.05) is 0 Å². The molecule has 0 bridgehead atoms. The van der Waals surface area contributed by atoms with Crippen molar-refractivity contribution in [3.63, 3.8) is 0 Å². The van der Waals surface area contributed by atoms with E-state index in [4.69, 9.17) is 14.3 Å².